The number of hydrogen-bond donors (Lipinski definition) is 1. The van der Waals surface area contributed by atoms with E-state index >= 15 is 0 Å². The molecule has 1 unspecified atom stereocenters. The highest BCUT2D eigenvalue weighted by Crippen LogP contribution is 2.37. The van der Waals surface area contributed by atoms with Crippen molar-refractivity contribution in [2.45, 2.75) is 58.7 Å². The molecule has 0 radical (unpaired) electrons. The van der Waals surface area contributed by atoms with E-state index in [1.54, 1.807) is 6.07 Å². The average molecular weight is 531 g/mol. The number of nitrogens with zero attached hydrogens (tertiary/aromatic N) is 3. The zero-order valence-electron chi connectivity index (χ0n) is 20.5. The number of rotatable bonds is 10. The zero-order valence-corrected chi connectivity index (χ0v) is 20.5. The van der Waals surface area contributed by atoms with Gasteiger partial charge in [0.2, 0.25) is 0 Å². The van der Waals surface area contributed by atoms with E-state index in [1.807, 2.05) is 18.7 Å². The van der Waals surface area contributed by atoms with Crippen LogP contribution in [0.15, 0.2) is 36.4 Å². The normalized spacial score (nSPS) is 12.5. The van der Waals surface area contributed by atoms with Gasteiger partial charge in [-0.15, -0.1) is 13.2 Å². The third kappa shape index (κ3) is 8.20. The second kappa shape index (κ2) is 12.1. The molecule has 37 heavy (non-hydrogen) atoms. The molecule has 0 heterocycles. The highest BCUT2D eigenvalue weighted by atomic mass is 19.4. The number of nitriles is 1. The SMILES string of the molecule is CCCCN(CC)c1ccc(OC(F)(F)F)cc1C(C)N(Cc1cc(C#N)cc(C(F)(F)F)c1)C(=O)O. The third-order valence-electron chi connectivity index (χ3n) is 5.70. The van der Waals surface area contributed by atoms with Crippen LogP contribution in [-0.4, -0.2) is 35.6 Å². The van der Waals surface area contributed by atoms with Gasteiger partial charge in [0.05, 0.1) is 23.2 Å². The van der Waals surface area contributed by atoms with Gasteiger partial charge >= 0.3 is 18.6 Å². The molecule has 0 saturated heterocycles. The molecule has 0 saturated carbocycles. The number of hydrogen-bond acceptors (Lipinski definition) is 4. The average Bonchev–Trinajstić information content (AvgIpc) is 2.81. The Labute approximate surface area is 210 Å². The van der Waals surface area contributed by atoms with Crippen molar-refractivity contribution in [2.24, 2.45) is 0 Å². The van der Waals surface area contributed by atoms with E-state index in [9.17, 15) is 36.2 Å². The van der Waals surface area contributed by atoms with E-state index in [4.69, 9.17) is 5.26 Å². The first-order valence-corrected chi connectivity index (χ1v) is 11.5. The lowest BCUT2D eigenvalue weighted by Crippen LogP contribution is -2.34. The van der Waals surface area contributed by atoms with Crippen molar-refractivity contribution in [3.05, 3.63) is 58.7 Å². The Bertz CT molecular complexity index is 1130. The molecule has 0 aliphatic carbocycles. The summed E-state index contributed by atoms with van der Waals surface area (Å²) in [7, 11) is 0. The lowest BCUT2D eigenvalue weighted by atomic mass is 10.0. The Morgan fingerprint density at radius 2 is 1.78 bits per heavy atom. The molecule has 2 rings (SSSR count). The first-order valence-electron chi connectivity index (χ1n) is 11.5. The van der Waals surface area contributed by atoms with Crippen LogP contribution in [-0.2, 0) is 12.7 Å². The van der Waals surface area contributed by atoms with Crippen LogP contribution in [0.4, 0.5) is 36.8 Å². The lowest BCUT2D eigenvalue weighted by molar-refractivity contribution is -0.274. The maximum atomic E-state index is 13.3. The second-order valence-electron chi connectivity index (χ2n) is 8.32. The van der Waals surface area contributed by atoms with Gasteiger partial charge in [0.15, 0.2) is 0 Å². The number of anilines is 1. The number of alkyl halides is 6. The number of ether oxygens (including phenoxy) is 1. The fourth-order valence-corrected chi connectivity index (χ4v) is 3.90. The molecular formula is C25H27F6N3O3. The fraction of sp³-hybridized carbons (Fsp3) is 0.440. The highest BCUT2D eigenvalue weighted by Gasteiger charge is 2.34. The van der Waals surface area contributed by atoms with E-state index < -0.39 is 42.5 Å². The molecule has 2 aromatic rings. The van der Waals surface area contributed by atoms with Gasteiger partial charge in [-0.3, -0.25) is 4.90 Å². The second-order valence-corrected chi connectivity index (χ2v) is 8.32. The molecule has 0 fully saturated rings. The third-order valence-corrected chi connectivity index (χ3v) is 5.70. The fourth-order valence-electron chi connectivity index (χ4n) is 3.90. The van der Waals surface area contributed by atoms with Crippen LogP contribution >= 0.6 is 0 Å². The maximum Gasteiger partial charge on any atom is 0.573 e. The number of unbranched alkanes of at least 4 members (excludes halogenated alkanes) is 1. The zero-order chi connectivity index (χ0) is 28.0. The summed E-state index contributed by atoms with van der Waals surface area (Å²) in [5.74, 6) is -0.555. The molecule has 0 aromatic heterocycles. The Balaban J connectivity index is 2.58. The van der Waals surface area contributed by atoms with Crippen LogP contribution in [0.5, 0.6) is 5.75 Å². The monoisotopic (exact) mass is 531 g/mol. The van der Waals surface area contributed by atoms with Gasteiger partial charge in [0, 0.05) is 30.9 Å². The molecule has 1 N–H and O–H groups in total. The molecule has 0 aliphatic rings. The standard InChI is InChI=1S/C25H27F6N3O3/c1-4-6-9-33(5-2)22-8-7-20(37-25(29,30)31)13-21(22)16(3)34(23(35)36)15-18-10-17(14-32)11-19(12-18)24(26,27)28/h7-8,10-13,16H,4-6,9,15H2,1-3H3,(H,35,36). The molecule has 12 heteroatoms. The quantitative estimate of drug-likeness (QED) is 0.325. The summed E-state index contributed by atoms with van der Waals surface area (Å²) in [5.41, 5.74) is -0.845. The number of carboxylic acid groups (broad SMARTS) is 1. The molecule has 202 valence electrons. The predicted molar refractivity (Wildman–Crippen MR) is 124 cm³/mol. The highest BCUT2D eigenvalue weighted by molar-refractivity contribution is 5.67. The Morgan fingerprint density at radius 3 is 2.30 bits per heavy atom. The number of amides is 1. The van der Waals surface area contributed by atoms with Crippen molar-refractivity contribution in [3.63, 3.8) is 0 Å². The largest absolute Gasteiger partial charge is 0.573 e. The van der Waals surface area contributed by atoms with Crippen LogP contribution < -0.4 is 9.64 Å². The van der Waals surface area contributed by atoms with Crippen molar-refractivity contribution in [3.8, 4) is 11.8 Å². The molecule has 0 spiro atoms. The summed E-state index contributed by atoms with van der Waals surface area (Å²) >= 11 is 0. The van der Waals surface area contributed by atoms with Gasteiger partial charge in [0.25, 0.3) is 0 Å². The first kappa shape index (κ1) is 29.6. The van der Waals surface area contributed by atoms with Crippen molar-refractivity contribution in [2.75, 3.05) is 18.0 Å². The van der Waals surface area contributed by atoms with Gasteiger partial charge < -0.3 is 14.7 Å². The lowest BCUT2D eigenvalue weighted by Gasteiger charge is -2.33. The minimum Gasteiger partial charge on any atom is -0.465 e. The molecule has 0 aliphatic heterocycles. The van der Waals surface area contributed by atoms with Crippen LogP contribution in [0.25, 0.3) is 0 Å². The topological polar surface area (TPSA) is 76.8 Å². The van der Waals surface area contributed by atoms with E-state index in [1.165, 1.54) is 13.0 Å². The van der Waals surface area contributed by atoms with Crippen molar-refractivity contribution < 1.29 is 41.0 Å². The van der Waals surface area contributed by atoms with E-state index in [0.29, 0.717) is 24.8 Å². The molecule has 0 bridgehead atoms. The molecule has 1 atom stereocenters. The van der Waals surface area contributed by atoms with E-state index in [2.05, 4.69) is 4.74 Å². The summed E-state index contributed by atoms with van der Waals surface area (Å²) in [6, 6.07) is 6.71. The molecule has 2 aromatic carbocycles. The smallest absolute Gasteiger partial charge is 0.465 e. The summed E-state index contributed by atoms with van der Waals surface area (Å²) in [5, 5.41) is 19.1. The minimum absolute atomic E-state index is 0.0943. The molecular weight excluding hydrogens is 504 g/mol. The van der Waals surface area contributed by atoms with Crippen LogP contribution in [0.2, 0.25) is 0 Å². The number of benzene rings is 2. The number of halogens is 6. The first-order chi connectivity index (χ1) is 17.2. The Hall–Kier alpha value is -3.62. The Kier molecular flexibility index (Phi) is 9.67. The summed E-state index contributed by atoms with van der Waals surface area (Å²) in [6.45, 7) is 5.72. The Morgan fingerprint density at radius 1 is 1.11 bits per heavy atom. The van der Waals surface area contributed by atoms with Crippen molar-refractivity contribution in [1.29, 1.82) is 5.26 Å². The molecule has 6 nitrogen and oxygen atoms in total. The number of carbonyl (C=O) groups is 1. The van der Waals surface area contributed by atoms with Crippen LogP contribution in [0.1, 0.15) is 61.9 Å². The van der Waals surface area contributed by atoms with Gasteiger partial charge in [-0.05, 0) is 62.2 Å². The molecule has 1 amide bonds. The summed E-state index contributed by atoms with van der Waals surface area (Å²) < 4.78 is 82.7. The summed E-state index contributed by atoms with van der Waals surface area (Å²) in [4.78, 5) is 14.9. The van der Waals surface area contributed by atoms with Crippen LogP contribution in [0.3, 0.4) is 0 Å². The van der Waals surface area contributed by atoms with E-state index in [0.717, 1.165) is 42.0 Å². The van der Waals surface area contributed by atoms with Crippen molar-refractivity contribution in [1.82, 2.24) is 4.90 Å². The predicted octanol–water partition coefficient (Wildman–Crippen LogP) is 7.34. The van der Waals surface area contributed by atoms with Gasteiger partial charge in [-0.1, -0.05) is 13.3 Å². The summed E-state index contributed by atoms with van der Waals surface area (Å²) in [6.07, 6.45) is -9.64. The van der Waals surface area contributed by atoms with Gasteiger partial charge in [-0.25, -0.2) is 4.79 Å². The van der Waals surface area contributed by atoms with Crippen molar-refractivity contribution >= 4 is 11.8 Å². The minimum atomic E-state index is -4.98. The van der Waals surface area contributed by atoms with E-state index in [-0.39, 0.29) is 16.7 Å². The maximum absolute atomic E-state index is 13.3. The van der Waals surface area contributed by atoms with Gasteiger partial charge in [-0.2, -0.15) is 18.4 Å². The van der Waals surface area contributed by atoms with Crippen LogP contribution in [0, 0.1) is 11.3 Å². The van der Waals surface area contributed by atoms with Gasteiger partial charge in [0.1, 0.15) is 5.75 Å².